The summed E-state index contributed by atoms with van der Waals surface area (Å²) in [7, 11) is 0. The number of halogens is 2. The van der Waals surface area contributed by atoms with Crippen LogP contribution in [0.4, 0.5) is 8.78 Å². The molecule has 23 heavy (non-hydrogen) atoms. The van der Waals surface area contributed by atoms with Gasteiger partial charge in [0.25, 0.3) is 0 Å². The SMILES string of the molecule is CC(CNC(=O)CNC(=O)[C@@H](N)C(C)C)c1ccc(F)cc1F. The van der Waals surface area contributed by atoms with Crippen molar-refractivity contribution in [3.05, 3.63) is 35.4 Å². The fraction of sp³-hybridized carbons (Fsp3) is 0.500. The molecule has 7 heteroatoms. The zero-order chi connectivity index (χ0) is 17.6. The molecule has 4 N–H and O–H groups in total. The maximum Gasteiger partial charge on any atom is 0.239 e. The molecule has 0 aliphatic carbocycles. The van der Waals surface area contributed by atoms with Gasteiger partial charge >= 0.3 is 0 Å². The minimum Gasteiger partial charge on any atom is -0.354 e. The minimum atomic E-state index is -0.671. The van der Waals surface area contributed by atoms with E-state index >= 15 is 0 Å². The van der Waals surface area contributed by atoms with Crippen LogP contribution in [-0.4, -0.2) is 30.9 Å². The molecular formula is C16H23F2N3O2. The summed E-state index contributed by atoms with van der Waals surface area (Å²) >= 11 is 0. The number of carbonyl (C=O) groups excluding carboxylic acids is 2. The van der Waals surface area contributed by atoms with Crippen LogP contribution in [0.25, 0.3) is 0 Å². The topological polar surface area (TPSA) is 84.2 Å². The summed E-state index contributed by atoms with van der Waals surface area (Å²) in [5, 5.41) is 5.04. The van der Waals surface area contributed by atoms with Gasteiger partial charge in [0.2, 0.25) is 11.8 Å². The van der Waals surface area contributed by atoms with E-state index in [0.717, 1.165) is 6.07 Å². The number of nitrogens with one attached hydrogen (secondary N) is 2. The highest BCUT2D eigenvalue weighted by Gasteiger charge is 2.18. The molecule has 0 aliphatic heterocycles. The van der Waals surface area contributed by atoms with Crippen molar-refractivity contribution in [2.75, 3.05) is 13.1 Å². The fourth-order valence-corrected chi connectivity index (χ4v) is 1.93. The van der Waals surface area contributed by atoms with E-state index in [0.29, 0.717) is 5.56 Å². The molecule has 0 heterocycles. The predicted molar refractivity (Wildman–Crippen MR) is 83.6 cm³/mol. The van der Waals surface area contributed by atoms with Crippen LogP contribution in [-0.2, 0) is 9.59 Å². The number of benzene rings is 1. The van der Waals surface area contributed by atoms with Crippen LogP contribution in [0.1, 0.15) is 32.3 Å². The second kappa shape index (κ2) is 8.57. The molecule has 128 valence electrons. The van der Waals surface area contributed by atoms with Crippen LogP contribution in [0, 0.1) is 17.6 Å². The lowest BCUT2D eigenvalue weighted by atomic mass is 10.0. The zero-order valence-electron chi connectivity index (χ0n) is 13.5. The molecule has 5 nitrogen and oxygen atoms in total. The lowest BCUT2D eigenvalue weighted by molar-refractivity contribution is -0.127. The van der Waals surface area contributed by atoms with Gasteiger partial charge in [0.1, 0.15) is 11.6 Å². The van der Waals surface area contributed by atoms with Crippen LogP contribution in [0.5, 0.6) is 0 Å². The Balaban J connectivity index is 2.42. The summed E-state index contributed by atoms with van der Waals surface area (Å²) in [5.74, 6) is -2.45. The first-order valence-electron chi connectivity index (χ1n) is 7.47. The van der Waals surface area contributed by atoms with Crippen molar-refractivity contribution < 1.29 is 18.4 Å². The number of amides is 2. The highest BCUT2D eigenvalue weighted by molar-refractivity contribution is 5.87. The first-order valence-corrected chi connectivity index (χ1v) is 7.47. The molecule has 1 aromatic rings. The second-order valence-electron chi connectivity index (χ2n) is 5.86. The van der Waals surface area contributed by atoms with Gasteiger partial charge in [-0.25, -0.2) is 8.78 Å². The lowest BCUT2D eigenvalue weighted by Gasteiger charge is -2.16. The van der Waals surface area contributed by atoms with Crippen molar-refractivity contribution in [3.8, 4) is 0 Å². The third-order valence-corrected chi connectivity index (χ3v) is 3.54. The Hall–Kier alpha value is -2.02. The van der Waals surface area contributed by atoms with Gasteiger partial charge in [0.15, 0.2) is 0 Å². The van der Waals surface area contributed by atoms with E-state index in [2.05, 4.69) is 10.6 Å². The fourth-order valence-electron chi connectivity index (χ4n) is 1.93. The van der Waals surface area contributed by atoms with E-state index in [1.807, 2.05) is 13.8 Å². The average Bonchev–Trinajstić information content (AvgIpc) is 2.49. The molecule has 0 bridgehead atoms. The molecule has 1 unspecified atom stereocenters. The Morgan fingerprint density at radius 2 is 1.83 bits per heavy atom. The number of hydrogen-bond donors (Lipinski definition) is 3. The Bertz CT molecular complexity index is 564. The van der Waals surface area contributed by atoms with Gasteiger partial charge in [-0.1, -0.05) is 26.8 Å². The lowest BCUT2D eigenvalue weighted by Crippen LogP contribution is -2.47. The first-order chi connectivity index (χ1) is 10.7. The van der Waals surface area contributed by atoms with Crippen molar-refractivity contribution in [1.82, 2.24) is 10.6 Å². The highest BCUT2D eigenvalue weighted by atomic mass is 19.1. The maximum absolute atomic E-state index is 13.6. The monoisotopic (exact) mass is 327 g/mol. The summed E-state index contributed by atoms with van der Waals surface area (Å²) in [6, 6.07) is 2.66. The molecule has 0 aliphatic rings. The molecule has 0 radical (unpaired) electrons. The molecule has 1 aromatic carbocycles. The van der Waals surface area contributed by atoms with E-state index in [-0.39, 0.29) is 24.9 Å². The van der Waals surface area contributed by atoms with E-state index in [1.54, 1.807) is 6.92 Å². The van der Waals surface area contributed by atoms with Crippen molar-refractivity contribution in [3.63, 3.8) is 0 Å². The van der Waals surface area contributed by atoms with Crippen LogP contribution in [0.3, 0.4) is 0 Å². The molecular weight excluding hydrogens is 304 g/mol. The Labute approximate surface area is 134 Å². The number of hydrogen-bond acceptors (Lipinski definition) is 3. The quantitative estimate of drug-likeness (QED) is 0.705. The minimum absolute atomic E-state index is 0.0282. The molecule has 0 spiro atoms. The van der Waals surface area contributed by atoms with E-state index < -0.39 is 29.5 Å². The van der Waals surface area contributed by atoms with Crippen molar-refractivity contribution in [1.29, 1.82) is 0 Å². The third kappa shape index (κ3) is 5.94. The summed E-state index contributed by atoms with van der Waals surface area (Å²) in [5.41, 5.74) is 5.97. The van der Waals surface area contributed by atoms with E-state index in [9.17, 15) is 18.4 Å². The molecule has 0 saturated heterocycles. The molecule has 1 rings (SSSR count). The van der Waals surface area contributed by atoms with Gasteiger partial charge in [-0.2, -0.15) is 0 Å². The van der Waals surface area contributed by atoms with Gasteiger partial charge in [0.05, 0.1) is 12.6 Å². The van der Waals surface area contributed by atoms with Gasteiger partial charge in [-0.3, -0.25) is 9.59 Å². The highest BCUT2D eigenvalue weighted by Crippen LogP contribution is 2.18. The van der Waals surface area contributed by atoms with Crippen molar-refractivity contribution in [2.24, 2.45) is 11.7 Å². The Morgan fingerprint density at radius 1 is 1.17 bits per heavy atom. The third-order valence-electron chi connectivity index (χ3n) is 3.54. The number of nitrogens with two attached hydrogens (primary N) is 1. The molecule has 2 amide bonds. The van der Waals surface area contributed by atoms with E-state index in [1.165, 1.54) is 12.1 Å². The normalized spacial score (nSPS) is 13.5. The summed E-state index contributed by atoms with van der Waals surface area (Å²) in [6.45, 7) is 5.31. The Kier molecular flexibility index (Phi) is 7.09. The number of rotatable bonds is 7. The molecule has 0 fully saturated rings. The molecule has 0 aromatic heterocycles. The number of carbonyl (C=O) groups is 2. The molecule has 0 saturated carbocycles. The molecule has 2 atom stereocenters. The smallest absolute Gasteiger partial charge is 0.239 e. The van der Waals surface area contributed by atoms with E-state index in [4.69, 9.17) is 5.73 Å². The zero-order valence-corrected chi connectivity index (χ0v) is 13.5. The van der Waals surface area contributed by atoms with Crippen LogP contribution in [0.15, 0.2) is 18.2 Å². The summed E-state index contributed by atoms with van der Waals surface area (Å²) < 4.78 is 26.5. The van der Waals surface area contributed by atoms with Crippen LogP contribution in [0.2, 0.25) is 0 Å². The van der Waals surface area contributed by atoms with Gasteiger partial charge < -0.3 is 16.4 Å². The first kappa shape index (κ1) is 19.0. The van der Waals surface area contributed by atoms with Crippen molar-refractivity contribution >= 4 is 11.8 Å². The maximum atomic E-state index is 13.6. The largest absolute Gasteiger partial charge is 0.354 e. The van der Waals surface area contributed by atoms with Crippen LogP contribution < -0.4 is 16.4 Å². The standard InChI is InChI=1S/C16H23F2N3O2/c1-9(2)15(19)16(23)21-8-14(22)20-7-10(3)12-5-4-11(17)6-13(12)18/h4-6,9-10,15H,7-8,19H2,1-3H3,(H,20,22)(H,21,23)/t10?,15-/m0/s1. The predicted octanol–water partition coefficient (Wildman–Crippen LogP) is 1.28. The van der Waals surface area contributed by atoms with Gasteiger partial charge in [0, 0.05) is 18.5 Å². The van der Waals surface area contributed by atoms with Gasteiger partial charge in [-0.15, -0.1) is 0 Å². The van der Waals surface area contributed by atoms with Gasteiger partial charge in [-0.05, 0) is 17.5 Å². The van der Waals surface area contributed by atoms with Crippen molar-refractivity contribution in [2.45, 2.75) is 32.7 Å². The summed E-state index contributed by atoms with van der Waals surface area (Å²) in [4.78, 5) is 23.3. The summed E-state index contributed by atoms with van der Waals surface area (Å²) in [6.07, 6.45) is 0. The second-order valence-corrected chi connectivity index (χ2v) is 5.86. The van der Waals surface area contributed by atoms with Crippen LogP contribution >= 0.6 is 0 Å². The Morgan fingerprint density at radius 3 is 2.39 bits per heavy atom. The average molecular weight is 327 g/mol.